The third-order valence-corrected chi connectivity index (χ3v) is 5.70. The molecule has 2 aliphatic rings. The fraction of sp³-hybridized carbons (Fsp3) is 0.619. The largest absolute Gasteiger partial charge is 0.354 e. The number of carbonyl (C=O) groups is 2. The molecule has 3 rings (SSSR count). The number of amides is 2. The maximum Gasteiger partial charge on any atom is 0.241 e. The summed E-state index contributed by atoms with van der Waals surface area (Å²) in [6.45, 7) is 7.39. The number of likely N-dealkylation sites (tertiary alicyclic amines) is 1. The summed E-state index contributed by atoms with van der Waals surface area (Å²) in [6, 6.07) is 7.67. The molecule has 0 bridgehead atoms. The Morgan fingerprint density at radius 1 is 1.29 bits per heavy atom. The summed E-state index contributed by atoms with van der Waals surface area (Å²) in [6.07, 6.45) is 4.16. The lowest BCUT2D eigenvalue weighted by Crippen LogP contribution is -2.50. The van der Waals surface area contributed by atoms with Crippen molar-refractivity contribution in [2.75, 3.05) is 31.5 Å². The molecule has 7 heteroatoms. The Morgan fingerprint density at radius 3 is 2.82 bits per heavy atom. The van der Waals surface area contributed by atoms with E-state index in [1.807, 2.05) is 38.1 Å². The normalized spacial score (nSPS) is 23.5. The van der Waals surface area contributed by atoms with Gasteiger partial charge < -0.3 is 16.0 Å². The number of nitrogens with zero attached hydrogens (tertiary/aromatic N) is 1. The first kappa shape index (κ1) is 22.7. The number of halogens is 1. The predicted molar refractivity (Wildman–Crippen MR) is 115 cm³/mol. The number of rotatable bonds is 6. The first-order chi connectivity index (χ1) is 13.0. The molecule has 2 aliphatic heterocycles. The number of piperidine rings is 1. The van der Waals surface area contributed by atoms with Gasteiger partial charge >= 0.3 is 0 Å². The zero-order chi connectivity index (χ0) is 19.2. The van der Waals surface area contributed by atoms with Crippen LogP contribution in [0, 0.1) is 12.8 Å². The Balaban J connectivity index is 0.00000280. The second-order valence-electron chi connectivity index (χ2n) is 7.93. The average molecular weight is 409 g/mol. The zero-order valence-corrected chi connectivity index (χ0v) is 17.7. The Hall–Kier alpha value is -1.63. The molecule has 0 spiro atoms. The van der Waals surface area contributed by atoms with Crippen LogP contribution in [0.3, 0.4) is 0 Å². The van der Waals surface area contributed by atoms with E-state index in [4.69, 9.17) is 0 Å². The molecule has 2 heterocycles. The van der Waals surface area contributed by atoms with Gasteiger partial charge in [-0.2, -0.15) is 0 Å². The molecule has 28 heavy (non-hydrogen) atoms. The second kappa shape index (κ2) is 10.8. The third kappa shape index (κ3) is 6.19. The zero-order valence-electron chi connectivity index (χ0n) is 16.9. The highest BCUT2D eigenvalue weighted by Gasteiger charge is 2.28. The van der Waals surface area contributed by atoms with Crippen LogP contribution in [-0.2, 0) is 9.59 Å². The van der Waals surface area contributed by atoms with Gasteiger partial charge in [0.15, 0.2) is 0 Å². The van der Waals surface area contributed by atoms with Crippen LogP contribution >= 0.6 is 12.4 Å². The lowest BCUT2D eigenvalue weighted by molar-refractivity contribution is -0.124. The lowest BCUT2D eigenvalue weighted by atomic mass is 9.96. The van der Waals surface area contributed by atoms with Gasteiger partial charge in [-0.1, -0.05) is 12.1 Å². The van der Waals surface area contributed by atoms with Crippen molar-refractivity contribution in [1.29, 1.82) is 0 Å². The maximum absolute atomic E-state index is 12.6. The third-order valence-electron chi connectivity index (χ3n) is 5.70. The number of anilines is 1. The summed E-state index contributed by atoms with van der Waals surface area (Å²) in [5.41, 5.74) is 1.97. The van der Waals surface area contributed by atoms with Gasteiger partial charge in [0.05, 0.1) is 12.1 Å². The summed E-state index contributed by atoms with van der Waals surface area (Å²) in [7, 11) is 0. The summed E-state index contributed by atoms with van der Waals surface area (Å²) in [5, 5.41) is 9.36. The van der Waals surface area contributed by atoms with Crippen LogP contribution in [0.4, 0.5) is 5.69 Å². The van der Waals surface area contributed by atoms with Crippen molar-refractivity contribution in [1.82, 2.24) is 15.5 Å². The number of nitrogens with one attached hydrogen (secondary N) is 3. The summed E-state index contributed by atoms with van der Waals surface area (Å²) in [4.78, 5) is 27.1. The number of aryl methyl sites for hydroxylation is 1. The SMILES string of the molecule is Cc1cccc(NC(=O)C(C)N2CCCC(CNC(=O)C3CCCN3)C2)c1.Cl. The van der Waals surface area contributed by atoms with Crippen molar-refractivity contribution < 1.29 is 9.59 Å². The molecule has 0 saturated carbocycles. The molecule has 3 N–H and O–H groups in total. The monoisotopic (exact) mass is 408 g/mol. The molecular formula is C21H33ClN4O2. The van der Waals surface area contributed by atoms with Crippen molar-refractivity contribution >= 4 is 29.9 Å². The average Bonchev–Trinajstić information content (AvgIpc) is 3.20. The molecule has 3 atom stereocenters. The van der Waals surface area contributed by atoms with E-state index in [1.54, 1.807) is 0 Å². The van der Waals surface area contributed by atoms with Crippen LogP contribution in [0.1, 0.15) is 38.2 Å². The van der Waals surface area contributed by atoms with Crippen LogP contribution in [0.2, 0.25) is 0 Å². The van der Waals surface area contributed by atoms with Gasteiger partial charge in [-0.25, -0.2) is 0 Å². The minimum Gasteiger partial charge on any atom is -0.354 e. The van der Waals surface area contributed by atoms with Gasteiger partial charge in [0.25, 0.3) is 0 Å². The summed E-state index contributed by atoms with van der Waals surface area (Å²) in [5.74, 6) is 0.550. The van der Waals surface area contributed by atoms with E-state index in [9.17, 15) is 9.59 Å². The molecule has 0 radical (unpaired) electrons. The van der Waals surface area contributed by atoms with Gasteiger partial charge in [-0.05, 0) is 76.2 Å². The smallest absolute Gasteiger partial charge is 0.241 e. The molecule has 1 aromatic carbocycles. The Bertz CT molecular complexity index is 664. The summed E-state index contributed by atoms with van der Waals surface area (Å²) < 4.78 is 0. The van der Waals surface area contributed by atoms with Crippen LogP contribution < -0.4 is 16.0 Å². The van der Waals surface area contributed by atoms with Crippen molar-refractivity contribution in [2.24, 2.45) is 5.92 Å². The second-order valence-corrected chi connectivity index (χ2v) is 7.93. The number of hydrogen-bond acceptors (Lipinski definition) is 4. The molecular weight excluding hydrogens is 376 g/mol. The van der Waals surface area contributed by atoms with E-state index in [1.165, 1.54) is 0 Å². The van der Waals surface area contributed by atoms with E-state index in [0.717, 1.165) is 56.6 Å². The van der Waals surface area contributed by atoms with Crippen molar-refractivity contribution in [2.45, 2.75) is 51.6 Å². The van der Waals surface area contributed by atoms with Crippen molar-refractivity contribution in [3.8, 4) is 0 Å². The maximum atomic E-state index is 12.6. The lowest BCUT2D eigenvalue weighted by Gasteiger charge is -2.36. The first-order valence-corrected chi connectivity index (χ1v) is 10.2. The number of carbonyl (C=O) groups excluding carboxylic acids is 2. The quantitative estimate of drug-likeness (QED) is 0.675. The molecule has 6 nitrogen and oxygen atoms in total. The number of benzene rings is 1. The van der Waals surface area contributed by atoms with E-state index >= 15 is 0 Å². The highest BCUT2D eigenvalue weighted by Crippen LogP contribution is 2.19. The topological polar surface area (TPSA) is 73.5 Å². The fourth-order valence-corrected chi connectivity index (χ4v) is 4.03. The van der Waals surface area contributed by atoms with Crippen molar-refractivity contribution in [3.05, 3.63) is 29.8 Å². The molecule has 2 fully saturated rings. The van der Waals surface area contributed by atoms with Crippen LogP contribution in [0.25, 0.3) is 0 Å². The van der Waals surface area contributed by atoms with Gasteiger partial charge in [0, 0.05) is 18.8 Å². The molecule has 1 aromatic rings. The number of hydrogen-bond donors (Lipinski definition) is 3. The molecule has 0 aromatic heterocycles. The summed E-state index contributed by atoms with van der Waals surface area (Å²) >= 11 is 0. The predicted octanol–water partition coefficient (Wildman–Crippen LogP) is 2.32. The van der Waals surface area contributed by atoms with Gasteiger partial charge in [-0.3, -0.25) is 14.5 Å². The van der Waals surface area contributed by atoms with Crippen LogP contribution in [-0.4, -0.2) is 55.0 Å². The van der Waals surface area contributed by atoms with E-state index in [0.29, 0.717) is 12.5 Å². The Morgan fingerprint density at radius 2 is 2.11 bits per heavy atom. The van der Waals surface area contributed by atoms with Crippen LogP contribution in [0.15, 0.2) is 24.3 Å². The Labute approximate surface area is 174 Å². The molecule has 2 amide bonds. The van der Waals surface area contributed by atoms with Gasteiger partial charge in [0.2, 0.25) is 11.8 Å². The highest BCUT2D eigenvalue weighted by atomic mass is 35.5. The van der Waals surface area contributed by atoms with E-state index < -0.39 is 0 Å². The van der Waals surface area contributed by atoms with E-state index in [-0.39, 0.29) is 36.3 Å². The molecule has 156 valence electrons. The Kier molecular flexibility index (Phi) is 8.73. The van der Waals surface area contributed by atoms with Crippen molar-refractivity contribution in [3.63, 3.8) is 0 Å². The van der Waals surface area contributed by atoms with E-state index in [2.05, 4.69) is 20.9 Å². The first-order valence-electron chi connectivity index (χ1n) is 10.2. The highest BCUT2D eigenvalue weighted by molar-refractivity contribution is 5.94. The van der Waals surface area contributed by atoms with Gasteiger partial charge in [-0.15, -0.1) is 12.4 Å². The molecule has 0 aliphatic carbocycles. The minimum atomic E-state index is -0.180. The van der Waals surface area contributed by atoms with Gasteiger partial charge in [0.1, 0.15) is 0 Å². The fourth-order valence-electron chi connectivity index (χ4n) is 4.03. The minimum absolute atomic E-state index is 0. The van der Waals surface area contributed by atoms with Crippen LogP contribution in [0.5, 0.6) is 0 Å². The molecule has 3 unspecified atom stereocenters. The molecule has 2 saturated heterocycles. The standard InChI is InChI=1S/C21H32N4O2.ClH/c1-15-6-3-8-18(12-15)24-20(26)16(2)25-11-5-7-17(14-25)13-23-21(27)19-9-4-10-22-19;/h3,6,8,12,16-17,19,22H,4-5,7,9-11,13-14H2,1-2H3,(H,23,27)(H,24,26);1H.